The molecule has 3 aromatic rings. The first kappa shape index (κ1) is 15.3. The fourth-order valence-corrected chi connectivity index (χ4v) is 2.79. The molecule has 1 amide bonds. The number of pyridine rings is 1. The zero-order valence-electron chi connectivity index (χ0n) is 13.6. The van der Waals surface area contributed by atoms with Crippen molar-refractivity contribution in [2.45, 2.75) is 33.2 Å². The van der Waals surface area contributed by atoms with E-state index in [0.717, 1.165) is 34.1 Å². The van der Waals surface area contributed by atoms with Crippen LogP contribution in [0.2, 0.25) is 0 Å². The van der Waals surface area contributed by atoms with E-state index in [1.807, 2.05) is 51.1 Å². The highest BCUT2D eigenvalue weighted by molar-refractivity contribution is 5.99. The van der Waals surface area contributed by atoms with Crippen LogP contribution in [0.3, 0.4) is 0 Å². The summed E-state index contributed by atoms with van der Waals surface area (Å²) < 4.78 is 5.77. The normalized spacial score (nSPS) is 12.3. The third kappa shape index (κ3) is 2.97. The minimum atomic E-state index is -0.181. The van der Waals surface area contributed by atoms with Crippen LogP contribution < -0.4 is 5.32 Å². The first-order valence-electron chi connectivity index (χ1n) is 7.80. The van der Waals surface area contributed by atoms with Crippen LogP contribution in [0.1, 0.15) is 46.6 Å². The fraction of sp³-hybridized carbons (Fsp3) is 0.263. The number of aromatic nitrogens is 1. The van der Waals surface area contributed by atoms with Crippen molar-refractivity contribution in [3.8, 4) is 0 Å². The summed E-state index contributed by atoms with van der Waals surface area (Å²) in [6.07, 6.45) is 4.27. The van der Waals surface area contributed by atoms with Crippen LogP contribution in [0.15, 0.2) is 47.1 Å². The summed E-state index contributed by atoms with van der Waals surface area (Å²) in [4.78, 5) is 16.7. The van der Waals surface area contributed by atoms with Gasteiger partial charge in [0.05, 0.1) is 6.04 Å². The zero-order chi connectivity index (χ0) is 16.4. The van der Waals surface area contributed by atoms with E-state index in [-0.39, 0.29) is 11.9 Å². The van der Waals surface area contributed by atoms with E-state index in [0.29, 0.717) is 5.76 Å². The molecule has 0 aliphatic rings. The second-order valence-corrected chi connectivity index (χ2v) is 5.77. The number of nitrogens with one attached hydrogen (secondary N) is 1. The van der Waals surface area contributed by atoms with Crippen molar-refractivity contribution in [1.29, 1.82) is 0 Å². The third-order valence-electron chi connectivity index (χ3n) is 4.12. The van der Waals surface area contributed by atoms with Crippen LogP contribution in [-0.4, -0.2) is 10.9 Å². The van der Waals surface area contributed by atoms with Crippen molar-refractivity contribution in [2.24, 2.45) is 0 Å². The molecule has 4 nitrogen and oxygen atoms in total. The van der Waals surface area contributed by atoms with Crippen LogP contribution in [0.5, 0.6) is 0 Å². The maximum Gasteiger partial charge on any atom is 0.287 e. The van der Waals surface area contributed by atoms with Gasteiger partial charge in [-0.2, -0.15) is 0 Å². The largest absolute Gasteiger partial charge is 0.451 e. The van der Waals surface area contributed by atoms with Crippen LogP contribution in [-0.2, 0) is 0 Å². The van der Waals surface area contributed by atoms with Crippen molar-refractivity contribution >= 4 is 16.9 Å². The summed E-state index contributed by atoms with van der Waals surface area (Å²) in [5, 5.41) is 4.05. The van der Waals surface area contributed by atoms with Crippen LogP contribution in [0, 0.1) is 13.8 Å². The molecule has 0 unspecified atom stereocenters. The molecular weight excluding hydrogens is 288 g/mol. The summed E-state index contributed by atoms with van der Waals surface area (Å²) in [6, 6.07) is 9.73. The maximum absolute atomic E-state index is 12.6. The zero-order valence-corrected chi connectivity index (χ0v) is 13.6. The Kier molecular flexibility index (Phi) is 4.15. The summed E-state index contributed by atoms with van der Waals surface area (Å²) in [5.74, 6) is 0.207. The van der Waals surface area contributed by atoms with Gasteiger partial charge in [0.1, 0.15) is 5.58 Å². The smallest absolute Gasteiger partial charge is 0.287 e. The number of benzene rings is 1. The van der Waals surface area contributed by atoms with E-state index in [1.54, 1.807) is 12.4 Å². The van der Waals surface area contributed by atoms with E-state index >= 15 is 0 Å². The van der Waals surface area contributed by atoms with Crippen LogP contribution >= 0.6 is 0 Å². The minimum absolute atomic E-state index is 0.0557. The molecular formula is C19H20N2O2. The Labute approximate surface area is 135 Å². The van der Waals surface area contributed by atoms with Gasteiger partial charge in [-0.25, -0.2) is 0 Å². The van der Waals surface area contributed by atoms with Gasteiger partial charge < -0.3 is 9.73 Å². The third-order valence-corrected chi connectivity index (χ3v) is 4.12. The van der Waals surface area contributed by atoms with E-state index < -0.39 is 0 Å². The average molecular weight is 308 g/mol. The van der Waals surface area contributed by atoms with E-state index in [2.05, 4.69) is 10.3 Å². The number of rotatable bonds is 4. The van der Waals surface area contributed by atoms with Crippen molar-refractivity contribution < 1.29 is 9.21 Å². The van der Waals surface area contributed by atoms with Gasteiger partial charge in [-0.1, -0.05) is 18.6 Å². The van der Waals surface area contributed by atoms with Gasteiger partial charge in [0, 0.05) is 23.3 Å². The van der Waals surface area contributed by atoms with Crippen LogP contribution in [0.25, 0.3) is 11.0 Å². The number of fused-ring (bicyclic) bond motifs is 1. The molecule has 0 saturated carbocycles. The Morgan fingerprint density at radius 2 is 1.96 bits per heavy atom. The van der Waals surface area contributed by atoms with E-state index in [4.69, 9.17) is 4.42 Å². The quantitative estimate of drug-likeness (QED) is 0.780. The maximum atomic E-state index is 12.6. The van der Waals surface area contributed by atoms with E-state index in [1.165, 1.54) is 0 Å². The number of furan rings is 1. The molecule has 4 heteroatoms. The van der Waals surface area contributed by atoms with Crippen molar-refractivity contribution in [1.82, 2.24) is 10.3 Å². The summed E-state index contributed by atoms with van der Waals surface area (Å²) in [7, 11) is 0. The van der Waals surface area contributed by atoms with Crippen molar-refractivity contribution in [3.63, 3.8) is 0 Å². The van der Waals surface area contributed by atoms with Crippen molar-refractivity contribution in [3.05, 3.63) is 65.2 Å². The standard InChI is InChI=1S/C19H20N2O2/c1-4-16(14-7-9-20-10-8-14)21-19(22)18-13(3)15-11-12(2)5-6-17(15)23-18/h5-11,16H,4H2,1-3H3,(H,21,22)/t16-/m1/s1. The molecule has 0 aliphatic carbocycles. The Bertz CT molecular complexity index is 837. The highest BCUT2D eigenvalue weighted by Crippen LogP contribution is 2.27. The first-order chi connectivity index (χ1) is 11.1. The highest BCUT2D eigenvalue weighted by atomic mass is 16.3. The Morgan fingerprint density at radius 3 is 2.65 bits per heavy atom. The second kappa shape index (κ2) is 6.24. The fourth-order valence-electron chi connectivity index (χ4n) is 2.79. The molecule has 1 atom stereocenters. The van der Waals surface area contributed by atoms with Gasteiger partial charge in [0.15, 0.2) is 5.76 Å². The molecule has 0 aliphatic heterocycles. The molecule has 0 radical (unpaired) electrons. The molecule has 0 saturated heterocycles. The van der Waals surface area contributed by atoms with Gasteiger partial charge in [0.2, 0.25) is 0 Å². The predicted molar refractivity (Wildman–Crippen MR) is 90.4 cm³/mol. The lowest BCUT2D eigenvalue weighted by molar-refractivity contribution is 0.0909. The molecule has 0 spiro atoms. The first-order valence-corrected chi connectivity index (χ1v) is 7.80. The molecule has 1 N–H and O–H groups in total. The van der Waals surface area contributed by atoms with Gasteiger partial charge in [-0.3, -0.25) is 9.78 Å². The topological polar surface area (TPSA) is 55.1 Å². The molecule has 3 rings (SSSR count). The van der Waals surface area contributed by atoms with Gasteiger partial charge in [-0.15, -0.1) is 0 Å². The monoisotopic (exact) mass is 308 g/mol. The Morgan fingerprint density at radius 1 is 1.22 bits per heavy atom. The molecule has 23 heavy (non-hydrogen) atoms. The molecule has 118 valence electrons. The Balaban J connectivity index is 1.90. The second-order valence-electron chi connectivity index (χ2n) is 5.77. The minimum Gasteiger partial charge on any atom is -0.451 e. The van der Waals surface area contributed by atoms with Gasteiger partial charge >= 0.3 is 0 Å². The number of aryl methyl sites for hydroxylation is 2. The molecule has 2 heterocycles. The van der Waals surface area contributed by atoms with Gasteiger partial charge in [0.25, 0.3) is 5.91 Å². The van der Waals surface area contributed by atoms with Crippen LogP contribution in [0.4, 0.5) is 0 Å². The number of hydrogen-bond donors (Lipinski definition) is 1. The highest BCUT2D eigenvalue weighted by Gasteiger charge is 2.20. The summed E-state index contributed by atoms with van der Waals surface area (Å²) >= 11 is 0. The molecule has 0 bridgehead atoms. The van der Waals surface area contributed by atoms with Gasteiger partial charge in [-0.05, 0) is 50.1 Å². The molecule has 1 aromatic carbocycles. The number of hydrogen-bond acceptors (Lipinski definition) is 3. The molecule has 2 aromatic heterocycles. The predicted octanol–water partition coefficient (Wildman–Crippen LogP) is 4.33. The summed E-state index contributed by atoms with van der Waals surface area (Å²) in [5.41, 5.74) is 3.82. The Hall–Kier alpha value is -2.62. The number of amides is 1. The van der Waals surface area contributed by atoms with E-state index in [9.17, 15) is 4.79 Å². The summed E-state index contributed by atoms with van der Waals surface area (Å²) in [6.45, 7) is 6.00. The molecule has 0 fully saturated rings. The average Bonchev–Trinajstić information content (AvgIpc) is 2.90. The SMILES string of the molecule is CC[C@@H](NC(=O)c1oc2ccc(C)cc2c1C)c1ccncc1. The number of nitrogens with zero attached hydrogens (tertiary/aromatic N) is 1. The lowest BCUT2D eigenvalue weighted by Crippen LogP contribution is -2.28. The number of carbonyl (C=O) groups excluding carboxylic acids is 1. The lowest BCUT2D eigenvalue weighted by atomic mass is 10.1. The number of carbonyl (C=O) groups is 1. The lowest BCUT2D eigenvalue weighted by Gasteiger charge is -2.16. The van der Waals surface area contributed by atoms with Crippen molar-refractivity contribution in [2.75, 3.05) is 0 Å².